The first-order valence-corrected chi connectivity index (χ1v) is 18.1. The van der Waals surface area contributed by atoms with E-state index in [0.717, 1.165) is 99.2 Å². The Bertz CT molecular complexity index is 1680. The molecule has 1 aromatic heterocycles. The Balaban J connectivity index is 1.15. The molecule has 1 aliphatic heterocycles. The Kier molecular flexibility index (Phi) is 11.5. The van der Waals surface area contributed by atoms with Crippen LogP contribution in [0.5, 0.6) is 5.75 Å². The standard InChI is InChI=1S/C38H46Cl2F3N5O/c1-27(37(44)15-3-2-4-16-37)45-17-6-18-48-26-32(29-10-12-30(13-11-29)49-38(41,42)43)31-23-28(9-14-36(31)48)24-46-19-21-47(22-20-46)25-33-34(39)7-5-8-35(33)40/h5,7-14,23,26-27,45H,2-4,6,15-22,24-25,44H2,1H3. The second-order valence-electron chi connectivity index (χ2n) is 13.7. The topological polar surface area (TPSA) is 58.7 Å². The number of alkyl halides is 3. The second kappa shape index (κ2) is 15.6. The number of nitrogens with zero attached hydrogens (tertiary/aromatic N) is 3. The fourth-order valence-electron chi connectivity index (χ4n) is 7.38. The maximum absolute atomic E-state index is 12.8. The van der Waals surface area contributed by atoms with Crippen LogP contribution in [0.15, 0.2) is 66.9 Å². The number of hydrogen-bond acceptors (Lipinski definition) is 5. The van der Waals surface area contributed by atoms with Gasteiger partial charge in [0.05, 0.1) is 0 Å². The van der Waals surface area contributed by atoms with Crippen molar-refractivity contribution in [3.63, 3.8) is 0 Å². The molecule has 0 bridgehead atoms. The molecule has 1 atom stereocenters. The minimum absolute atomic E-state index is 0.139. The fraction of sp³-hybridized carbons (Fsp3) is 0.474. The van der Waals surface area contributed by atoms with Gasteiger partial charge in [-0.15, -0.1) is 13.2 Å². The number of halogens is 5. The van der Waals surface area contributed by atoms with Crippen molar-refractivity contribution in [1.82, 2.24) is 19.7 Å². The summed E-state index contributed by atoms with van der Waals surface area (Å²) in [4.78, 5) is 4.84. The number of ether oxygens (including phenoxy) is 1. The maximum Gasteiger partial charge on any atom is 0.573 e. The molecule has 6 nitrogen and oxygen atoms in total. The third-order valence-electron chi connectivity index (χ3n) is 10.3. The quantitative estimate of drug-likeness (QED) is 0.144. The molecule has 3 aromatic carbocycles. The molecule has 1 unspecified atom stereocenters. The molecule has 2 fully saturated rings. The van der Waals surface area contributed by atoms with Gasteiger partial charge in [0.25, 0.3) is 0 Å². The average molecular weight is 717 g/mol. The summed E-state index contributed by atoms with van der Waals surface area (Å²) >= 11 is 12.8. The first-order chi connectivity index (χ1) is 23.5. The van der Waals surface area contributed by atoms with Gasteiger partial charge in [-0.1, -0.05) is 66.7 Å². The molecule has 6 rings (SSSR count). The van der Waals surface area contributed by atoms with E-state index in [2.05, 4.69) is 55.7 Å². The molecule has 0 spiro atoms. The number of piperazine rings is 1. The highest BCUT2D eigenvalue weighted by atomic mass is 35.5. The largest absolute Gasteiger partial charge is 0.573 e. The van der Waals surface area contributed by atoms with Gasteiger partial charge in [-0.05, 0) is 80.3 Å². The molecule has 49 heavy (non-hydrogen) atoms. The molecule has 0 amide bonds. The number of benzene rings is 3. The zero-order chi connectivity index (χ0) is 34.6. The molecule has 1 saturated carbocycles. The molecular weight excluding hydrogens is 670 g/mol. The van der Waals surface area contributed by atoms with Crippen molar-refractivity contribution in [3.05, 3.63) is 88.0 Å². The van der Waals surface area contributed by atoms with Crippen LogP contribution in [-0.2, 0) is 19.6 Å². The van der Waals surface area contributed by atoms with Crippen molar-refractivity contribution < 1.29 is 17.9 Å². The third-order valence-corrected chi connectivity index (χ3v) is 11.0. The number of rotatable bonds is 12. The third kappa shape index (κ3) is 9.12. The lowest BCUT2D eigenvalue weighted by Crippen LogP contribution is -2.56. The number of nitrogens with two attached hydrogens (primary N) is 1. The van der Waals surface area contributed by atoms with Gasteiger partial charge in [-0.25, -0.2) is 0 Å². The van der Waals surface area contributed by atoms with E-state index >= 15 is 0 Å². The van der Waals surface area contributed by atoms with Crippen LogP contribution in [0.4, 0.5) is 13.2 Å². The van der Waals surface area contributed by atoms with E-state index in [9.17, 15) is 13.2 Å². The molecular formula is C38H46Cl2F3N5O. The van der Waals surface area contributed by atoms with Crippen molar-refractivity contribution in [3.8, 4) is 16.9 Å². The van der Waals surface area contributed by atoms with Crippen molar-refractivity contribution in [1.29, 1.82) is 0 Å². The molecule has 1 aliphatic carbocycles. The van der Waals surface area contributed by atoms with Crippen LogP contribution >= 0.6 is 23.2 Å². The zero-order valence-corrected chi connectivity index (χ0v) is 29.6. The van der Waals surface area contributed by atoms with Crippen molar-refractivity contribution >= 4 is 34.1 Å². The Labute approximate surface area is 297 Å². The van der Waals surface area contributed by atoms with Crippen LogP contribution in [0.3, 0.4) is 0 Å². The van der Waals surface area contributed by atoms with Gasteiger partial charge in [-0.3, -0.25) is 9.80 Å². The van der Waals surface area contributed by atoms with Crippen LogP contribution in [0.1, 0.15) is 56.6 Å². The summed E-state index contributed by atoms with van der Waals surface area (Å²) in [6.07, 6.45) is 4.11. The summed E-state index contributed by atoms with van der Waals surface area (Å²) in [7, 11) is 0. The molecule has 11 heteroatoms. The lowest BCUT2D eigenvalue weighted by atomic mass is 9.78. The lowest BCUT2D eigenvalue weighted by Gasteiger charge is -2.39. The number of fused-ring (bicyclic) bond motifs is 1. The van der Waals surface area contributed by atoms with E-state index in [0.29, 0.717) is 10.0 Å². The fourth-order valence-corrected chi connectivity index (χ4v) is 7.90. The van der Waals surface area contributed by atoms with Gasteiger partial charge in [0.1, 0.15) is 5.75 Å². The monoisotopic (exact) mass is 715 g/mol. The van der Waals surface area contributed by atoms with Crippen LogP contribution in [-0.4, -0.2) is 65.0 Å². The average Bonchev–Trinajstić information content (AvgIpc) is 3.43. The molecule has 4 aromatic rings. The van der Waals surface area contributed by atoms with Gasteiger partial charge in [0.15, 0.2) is 0 Å². The summed E-state index contributed by atoms with van der Waals surface area (Å²) in [5, 5.41) is 6.16. The molecule has 2 heterocycles. The Morgan fingerprint density at radius 2 is 1.55 bits per heavy atom. The molecule has 3 N–H and O–H groups in total. The Hall–Kier alpha value is -2.79. The van der Waals surface area contributed by atoms with Gasteiger partial charge < -0.3 is 20.4 Å². The predicted molar refractivity (Wildman–Crippen MR) is 193 cm³/mol. The van der Waals surface area contributed by atoms with Gasteiger partial charge in [0, 0.05) is 95.7 Å². The normalized spacial score (nSPS) is 18.2. The first-order valence-electron chi connectivity index (χ1n) is 17.4. The highest BCUT2D eigenvalue weighted by Crippen LogP contribution is 2.34. The van der Waals surface area contributed by atoms with E-state index in [1.165, 1.54) is 37.0 Å². The number of aromatic nitrogens is 1. The van der Waals surface area contributed by atoms with Crippen LogP contribution < -0.4 is 15.8 Å². The van der Waals surface area contributed by atoms with Crippen LogP contribution in [0.25, 0.3) is 22.0 Å². The predicted octanol–water partition coefficient (Wildman–Crippen LogP) is 8.86. The number of nitrogens with one attached hydrogen (secondary N) is 1. The Morgan fingerprint density at radius 3 is 2.20 bits per heavy atom. The van der Waals surface area contributed by atoms with Gasteiger partial charge >= 0.3 is 6.36 Å². The van der Waals surface area contributed by atoms with E-state index in [1.807, 2.05) is 18.2 Å². The smallest absolute Gasteiger partial charge is 0.406 e. The molecule has 1 saturated heterocycles. The van der Waals surface area contributed by atoms with Crippen LogP contribution in [0, 0.1) is 0 Å². The second-order valence-corrected chi connectivity index (χ2v) is 14.5. The zero-order valence-electron chi connectivity index (χ0n) is 28.0. The van der Waals surface area contributed by atoms with E-state index in [1.54, 1.807) is 12.1 Å². The van der Waals surface area contributed by atoms with Crippen molar-refractivity contribution in [2.45, 2.75) is 83.0 Å². The lowest BCUT2D eigenvalue weighted by molar-refractivity contribution is -0.274. The van der Waals surface area contributed by atoms with E-state index < -0.39 is 6.36 Å². The summed E-state index contributed by atoms with van der Waals surface area (Å²) < 4.78 is 44.9. The Morgan fingerprint density at radius 1 is 0.898 bits per heavy atom. The van der Waals surface area contributed by atoms with Gasteiger partial charge in [0.2, 0.25) is 0 Å². The highest BCUT2D eigenvalue weighted by Gasteiger charge is 2.33. The summed E-state index contributed by atoms with van der Waals surface area (Å²) in [5.41, 5.74) is 11.7. The van der Waals surface area contributed by atoms with Crippen molar-refractivity contribution in [2.75, 3.05) is 32.7 Å². The summed E-state index contributed by atoms with van der Waals surface area (Å²) in [6.45, 7) is 9.06. The maximum atomic E-state index is 12.8. The minimum Gasteiger partial charge on any atom is -0.406 e. The number of aryl methyl sites for hydroxylation is 1. The highest BCUT2D eigenvalue weighted by molar-refractivity contribution is 6.35. The van der Waals surface area contributed by atoms with Crippen molar-refractivity contribution in [2.24, 2.45) is 5.73 Å². The van der Waals surface area contributed by atoms with Gasteiger partial charge in [-0.2, -0.15) is 0 Å². The minimum atomic E-state index is -4.73. The molecule has 2 aliphatic rings. The number of hydrogen-bond donors (Lipinski definition) is 2. The molecule has 264 valence electrons. The van der Waals surface area contributed by atoms with Crippen LogP contribution in [0.2, 0.25) is 10.0 Å². The van der Waals surface area contributed by atoms with E-state index in [4.69, 9.17) is 28.9 Å². The summed E-state index contributed by atoms with van der Waals surface area (Å²) in [5.74, 6) is -0.229. The van der Waals surface area contributed by atoms with E-state index in [-0.39, 0.29) is 17.3 Å². The first kappa shape index (κ1) is 36.0. The SMILES string of the molecule is CC(NCCCn1cc(-c2ccc(OC(F)(F)F)cc2)c2cc(CN3CCN(Cc4c(Cl)cccc4Cl)CC3)ccc21)C1(N)CCCCC1. The summed E-state index contributed by atoms with van der Waals surface area (Å²) in [6, 6.07) is 18.6. The molecule has 0 radical (unpaired) electrons.